The number of thioether (sulfide) groups is 1. The Balaban J connectivity index is 1.85. The van der Waals surface area contributed by atoms with Crippen molar-refractivity contribution in [2.24, 2.45) is 5.92 Å². The Hall–Kier alpha value is -2.16. The molecule has 0 N–H and O–H groups in total. The van der Waals surface area contributed by atoms with Crippen LogP contribution in [0, 0.1) is 12.8 Å². The number of hydrogen-bond acceptors (Lipinski definition) is 4. The van der Waals surface area contributed by atoms with Gasteiger partial charge in [0.1, 0.15) is 0 Å². The summed E-state index contributed by atoms with van der Waals surface area (Å²) in [6, 6.07) is 27.8. The van der Waals surface area contributed by atoms with Crippen LogP contribution < -0.4 is 10.4 Å². The van der Waals surface area contributed by atoms with E-state index in [1.165, 1.54) is 10.4 Å². The maximum Gasteiger partial charge on any atom is 0.261 e. The Labute approximate surface area is 240 Å². The van der Waals surface area contributed by atoms with Gasteiger partial charge < -0.3 is 4.43 Å². The predicted octanol–water partition coefficient (Wildman–Crippen LogP) is 6.22. The molecule has 3 aromatic rings. The van der Waals surface area contributed by atoms with Crippen molar-refractivity contribution in [3.63, 3.8) is 0 Å². The monoisotopic (exact) mass is 579 g/mol. The van der Waals surface area contributed by atoms with E-state index in [0.29, 0.717) is 11.4 Å². The zero-order chi connectivity index (χ0) is 28.4. The minimum Gasteiger partial charge on any atom is -0.403 e. The number of benzene rings is 3. The number of nitrogens with zero attached hydrogens (tertiary/aromatic N) is 1. The van der Waals surface area contributed by atoms with Gasteiger partial charge in [0.15, 0.2) is 0 Å². The second kappa shape index (κ2) is 11.8. The van der Waals surface area contributed by atoms with Crippen molar-refractivity contribution in [1.29, 1.82) is 0 Å². The minimum absolute atomic E-state index is 0.00608. The summed E-state index contributed by atoms with van der Waals surface area (Å²) in [7, 11) is -6.61. The molecule has 1 heterocycles. The summed E-state index contributed by atoms with van der Waals surface area (Å²) in [4.78, 5) is 1.32. The molecule has 0 aromatic heterocycles. The molecule has 3 atom stereocenters. The third-order valence-corrected chi connectivity index (χ3v) is 15.8. The maximum absolute atomic E-state index is 14.1. The first-order valence-corrected chi connectivity index (χ1v) is 18.1. The molecule has 0 aliphatic carbocycles. The average molecular weight is 580 g/mol. The third kappa shape index (κ3) is 5.70. The van der Waals surface area contributed by atoms with Crippen LogP contribution in [0.25, 0.3) is 0 Å². The Morgan fingerprint density at radius 2 is 1.49 bits per heavy atom. The van der Waals surface area contributed by atoms with Crippen molar-refractivity contribution in [3.05, 3.63) is 102 Å². The summed E-state index contributed by atoms with van der Waals surface area (Å²) in [5.74, 6) is -0.00608. The van der Waals surface area contributed by atoms with Gasteiger partial charge in [0.25, 0.3) is 8.32 Å². The van der Waals surface area contributed by atoms with Crippen LogP contribution in [0.15, 0.2) is 101 Å². The van der Waals surface area contributed by atoms with E-state index in [0.717, 1.165) is 16.9 Å². The van der Waals surface area contributed by atoms with Crippen molar-refractivity contribution in [3.8, 4) is 0 Å². The SMILES string of the molecule is C=C(SC)[C@@H]1CCN(S(=O)(=O)c2ccc(C)cc2)[C@H]1[C@@H](C)O[Si](c1ccccc1)(c1ccccc1)C(C)(C)C. The summed E-state index contributed by atoms with van der Waals surface area (Å²) in [5, 5.41) is 2.15. The van der Waals surface area contributed by atoms with Crippen LogP contribution in [0.3, 0.4) is 0 Å². The molecule has 1 aliphatic heterocycles. The largest absolute Gasteiger partial charge is 0.403 e. The van der Waals surface area contributed by atoms with Gasteiger partial charge in [-0.2, -0.15) is 4.31 Å². The molecular formula is C32H41NO3S2Si. The summed E-state index contributed by atoms with van der Waals surface area (Å²) in [5.41, 5.74) is 1.03. The molecule has 4 rings (SSSR count). The van der Waals surface area contributed by atoms with Gasteiger partial charge in [-0.05, 0) is 59.0 Å². The molecule has 0 unspecified atom stereocenters. The molecule has 208 valence electrons. The Bertz CT molecular complexity index is 1330. The summed E-state index contributed by atoms with van der Waals surface area (Å²) in [6.07, 6.45) is 2.38. The lowest BCUT2D eigenvalue weighted by atomic mass is 9.97. The lowest BCUT2D eigenvalue weighted by Crippen LogP contribution is -2.68. The zero-order valence-electron chi connectivity index (χ0n) is 23.9. The van der Waals surface area contributed by atoms with Crippen LogP contribution in [0.2, 0.25) is 5.04 Å². The molecule has 4 nitrogen and oxygen atoms in total. The summed E-state index contributed by atoms with van der Waals surface area (Å²) in [6.45, 7) is 15.6. The van der Waals surface area contributed by atoms with E-state index in [1.54, 1.807) is 28.2 Å². The maximum atomic E-state index is 14.1. The van der Waals surface area contributed by atoms with Gasteiger partial charge >= 0.3 is 0 Å². The first kappa shape index (κ1) is 29.8. The van der Waals surface area contributed by atoms with E-state index in [1.807, 2.05) is 37.4 Å². The van der Waals surface area contributed by atoms with Gasteiger partial charge in [0.05, 0.1) is 17.0 Å². The van der Waals surface area contributed by atoms with Gasteiger partial charge in [-0.25, -0.2) is 8.42 Å². The first-order valence-electron chi connectivity index (χ1n) is 13.5. The van der Waals surface area contributed by atoms with E-state index in [9.17, 15) is 8.42 Å². The number of hydrogen-bond donors (Lipinski definition) is 0. The molecule has 1 fully saturated rings. The van der Waals surface area contributed by atoms with E-state index < -0.39 is 18.3 Å². The van der Waals surface area contributed by atoms with E-state index >= 15 is 0 Å². The molecule has 7 heteroatoms. The van der Waals surface area contributed by atoms with Crippen molar-refractivity contribution in [2.45, 2.75) is 63.1 Å². The highest BCUT2D eigenvalue weighted by Gasteiger charge is 2.54. The molecule has 0 radical (unpaired) electrons. The van der Waals surface area contributed by atoms with Crippen LogP contribution in [-0.2, 0) is 14.4 Å². The molecule has 0 saturated carbocycles. The molecular weight excluding hydrogens is 539 g/mol. The number of rotatable bonds is 9. The highest BCUT2D eigenvalue weighted by Crippen LogP contribution is 2.43. The number of aryl methyl sites for hydroxylation is 1. The normalized spacial score (nSPS) is 19.6. The Morgan fingerprint density at radius 1 is 0.974 bits per heavy atom. The lowest BCUT2D eigenvalue weighted by molar-refractivity contribution is 0.122. The molecule has 39 heavy (non-hydrogen) atoms. The standard InChI is InChI=1S/C32H41NO3S2Si/c1-24-18-20-27(21-19-24)38(34,35)33-23-22-30(26(3)37-7)31(33)25(2)36-39(32(4,5)6,28-14-10-8-11-15-28)29-16-12-9-13-17-29/h8-21,25,30-31H,3,22-23H2,1-2,4-7H3/t25-,30+,31+/m1/s1. The molecule has 0 bridgehead atoms. The van der Waals surface area contributed by atoms with Gasteiger partial charge in [-0.3, -0.25) is 0 Å². The van der Waals surface area contributed by atoms with E-state index in [2.05, 4.69) is 82.8 Å². The molecule has 1 aliphatic rings. The third-order valence-electron chi connectivity index (χ3n) is 7.97. The first-order chi connectivity index (χ1) is 18.4. The van der Waals surface area contributed by atoms with Crippen molar-refractivity contribution >= 4 is 40.5 Å². The van der Waals surface area contributed by atoms with E-state index in [-0.39, 0.29) is 23.1 Å². The Kier molecular flexibility index (Phi) is 8.98. The summed E-state index contributed by atoms with van der Waals surface area (Å²) >= 11 is 1.61. The fraction of sp³-hybridized carbons (Fsp3) is 0.375. The van der Waals surface area contributed by atoms with Gasteiger partial charge in [0.2, 0.25) is 10.0 Å². The molecule has 3 aromatic carbocycles. The molecule has 1 saturated heterocycles. The van der Waals surface area contributed by atoms with Gasteiger partial charge in [-0.1, -0.05) is 106 Å². The summed E-state index contributed by atoms with van der Waals surface area (Å²) < 4.78 is 37.3. The topological polar surface area (TPSA) is 46.6 Å². The minimum atomic E-state index is -3.73. The van der Waals surface area contributed by atoms with Gasteiger partial charge in [0, 0.05) is 12.5 Å². The van der Waals surface area contributed by atoms with Crippen molar-refractivity contribution < 1.29 is 12.8 Å². The lowest BCUT2D eigenvalue weighted by Gasteiger charge is -2.47. The van der Waals surface area contributed by atoms with Crippen LogP contribution >= 0.6 is 11.8 Å². The molecule has 0 amide bonds. The zero-order valence-corrected chi connectivity index (χ0v) is 26.6. The highest BCUT2D eigenvalue weighted by atomic mass is 32.2. The second-order valence-corrected chi connectivity index (χ2v) is 18.5. The van der Waals surface area contributed by atoms with Crippen LogP contribution in [0.5, 0.6) is 0 Å². The fourth-order valence-electron chi connectivity index (χ4n) is 6.02. The van der Waals surface area contributed by atoms with Crippen LogP contribution in [-0.4, -0.2) is 46.0 Å². The van der Waals surface area contributed by atoms with Gasteiger partial charge in [-0.15, -0.1) is 11.8 Å². The quantitative estimate of drug-likeness (QED) is 0.283. The van der Waals surface area contributed by atoms with Crippen molar-refractivity contribution in [2.75, 3.05) is 12.8 Å². The van der Waals surface area contributed by atoms with Crippen molar-refractivity contribution in [1.82, 2.24) is 4.31 Å². The molecule has 0 spiro atoms. The second-order valence-electron chi connectivity index (χ2n) is 11.5. The van der Waals surface area contributed by atoms with Crippen LogP contribution in [0.4, 0.5) is 0 Å². The van der Waals surface area contributed by atoms with E-state index in [4.69, 9.17) is 4.43 Å². The Morgan fingerprint density at radius 3 is 1.95 bits per heavy atom. The number of sulfonamides is 1. The fourth-order valence-corrected chi connectivity index (χ4v) is 13.0. The van der Waals surface area contributed by atoms with Crippen LogP contribution in [0.1, 0.15) is 39.7 Å². The average Bonchev–Trinajstić information content (AvgIpc) is 3.38. The smallest absolute Gasteiger partial charge is 0.261 e. The highest BCUT2D eigenvalue weighted by molar-refractivity contribution is 8.02. The predicted molar refractivity (Wildman–Crippen MR) is 168 cm³/mol.